The molecule has 0 saturated carbocycles. The van der Waals surface area contributed by atoms with Gasteiger partial charge in [-0.3, -0.25) is 9.59 Å². The Morgan fingerprint density at radius 1 is 1.17 bits per heavy atom. The molecule has 0 radical (unpaired) electrons. The third-order valence-corrected chi connectivity index (χ3v) is 7.84. The Balaban J connectivity index is 1.35. The summed E-state index contributed by atoms with van der Waals surface area (Å²) >= 11 is 2.77. The van der Waals surface area contributed by atoms with Crippen LogP contribution in [0.3, 0.4) is 0 Å². The number of hydrogen-bond donors (Lipinski definition) is 2. The van der Waals surface area contributed by atoms with E-state index < -0.39 is 0 Å². The molecule has 0 aliphatic heterocycles. The van der Waals surface area contributed by atoms with Crippen LogP contribution in [0.1, 0.15) is 41.6 Å². The first-order chi connectivity index (χ1) is 17.0. The summed E-state index contributed by atoms with van der Waals surface area (Å²) in [5.74, 6) is 0.955. The van der Waals surface area contributed by atoms with Crippen LogP contribution in [-0.2, 0) is 35.4 Å². The minimum atomic E-state index is -0.211. The van der Waals surface area contributed by atoms with E-state index in [0.717, 1.165) is 31.2 Å². The number of nitriles is 1. The summed E-state index contributed by atoms with van der Waals surface area (Å²) < 4.78 is 6.96. The normalized spacial score (nSPS) is 12.5. The standard InChI is InChI=1S/C24H26N6O3S2/c1-3-30-20(12-21(31)26-15-8-10-16(33-2)11-9-15)28-29-24(30)34-14-22(32)27-23-18(13-25)17-6-4-5-7-19(17)35-23/h8-11H,3-7,12,14H2,1-2H3,(H,26,31)(H,27,32). The number of thioether (sulfide) groups is 1. The van der Waals surface area contributed by atoms with Crippen molar-refractivity contribution in [2.45, 2.75) is 50.7 Å². The van der Waals surface area contributed by atoms with Gasteiger partial charge >= 0.3 is 0 Å². The lowest BCUT2D eigenvalue weighted by Gasteiger charge is -2.09. The first kappa shape index (κ1) is 24.8. The lowest BCUT2D eigenvalue weighted by molar-refractivity contribution is -0.116. The zero-order valence-corrected chi connectivity index (χ0v) is 21.2. The van der Waals surface area contributed by atoms with Gasteiger partial charge in [0.1, 0.15) is 22.6 Å². The smallest absolute Gasteiger partial charge is 0.235 e. The minimum absolute atomic E-state index is 0.0614. The molecule has 11 heteroatoms. The fraction of sp³-hybridized carbons (Fsp3) is 0.375. The number of amides is 2. The highest BCUT2D eigenvalue weighted by molar-refractivity contribution is 7.99. The average molecular weight is 511 g/mol. The summed E-state index contributed by atoms with van der Waals surface area (Å²) in [5.41, 5.74) is 2.36. The Bertz CT molecular complexity index is 1260. The summed E-state index contributed by atoms with van der Waals surface area (Å²) in [6.07, 6.45) is 4.12. The maximum atomic E-state index is 12.6. The number of nitrogens with zero attached hydrogens (tertiary/aromatic N) is 4. The van der Waals surface area contributed by atoms with Crippen molar-refractivity contribution in [3.8, 4) is 11.8 Å². The van der Waals surface area contributed by atoms with Gasteiger partial charge in [0, 0.05) is 17.1 Å². The Labute approximate surface area is 211 Å². The van der Waals surface area contributed by atoms with Gasteiger partial charge in [0.15, 0.2) is 5.16 Å². The number of methoxy groups -OCH3 is 1. The minimum Gasteiger partial charge on any atom is -0.497 e. The van der Waals surface area contributed by atoms with Crippen LogP contribution in [0.4, 0.5) is 10.7 Å². The summed E-state index contributed by atoms with van der Waals surface area (Å²) in [6, 6.07) is 9.34. The summed E-state index contributed by atoms with van der Waals surface area (Å²) in [6.45, 7) is 2.51. The SMILES string of the molecule is CCn1c(CC(=O)Nc2ccc(OC)cc2)nnc1SCC(=O)Nc1sc2c(c1C#N)CCCC2. The number of carbonyl (C=O) groups excluding carboxylic acids is 2. The molecular weight excluding hydrogens is 484 g/mol. The molecule has 2 N–H and O–H groups in total. The number of thiophene rings is 1. The van der Waals surface area contributed by atoms with E-state index >= 15 is 0 Å². The van der Waals surface area contributed by atoms with Crippen molar-refractivity contribution in [1.82, 2.24) is 14.8 Å². The first-order valence-electron chi connectivity index (χ1n) is 11.4. The number of benzene rings is 1. The predicted octanol–water partition coefficient (Wildman–Crippen LogP) is 4.03. The summed E-state index contributed by atoms with van der Waals surface area (Å²) in [5, 5.41) is 24.9. The monoisotopic (exact) mass is 510 g/mol. The number of nitrogens with one attached hydrogen (secondary N) is 2. The lowest BCUT2D eigenvalue weighted by atomic mass is 9.96. The molecule has 1 aliphatic carbocycles. The second kappa shape index (κ2) is 11.4. The average Bonchev–Trinajstić information content (AvgIpc) is 3.42. The van der Waals surface area contributed by atoms with Crippen LogP contribution in [0.15, 0.2) is 29.4 Å². The molecule has 182 valence electrons. The number of fused-ring (bicyclic) bond motifs is 1. The summed E-state index contributed by atoms with van der Waals surface area (Å²) in [4.78, 5) is 26.3. The van der Waals surface area contributed by atoms with Crippen LogP contribution < -0.4 is 15.4 Å². The van der Waals surface area contributed by atoms with Crippen molar-refractivity contribution in [2.24, 2.45) is 0 Å². The molecular formula is C24H26N6O3S2. The fourth-order valence-corrected chi connectivity index (χ4v) is 6.04. The molecule has 4 rings (SSSR count). The molecule has 35 heavy (non-hydrogen) atoms. The fourth-order valence-electron chi connectivity index (χ4n) is 3.96. The van der Waals surface area contributed by atoms with Crippen LogP contribution in [0.25, 0.3) is 0 Å². The van der Waals surface area contributed by atoms with Gasteiger partial charge in [-0.25, -0.2) is 0 Å². The molecule has 1 aliphatic rings. The second-order valence-corrected chi connectivity index (χ2v) is 10.0. The Kier molecular flexibility index (Phi) is 8.05. The molecule has 2 heterocycles. The lowest BCUT2D eigenvalue weighted by Crippen LogP contribution is -2.18. The van der Waals surface area contributed by atoms with Gasteiger partial charge in [-0.1, -0.05) is 11.8 Å². The molecule has 0 fully saturated rings. The highest BCUT2D eigenvalue weighted by Gasteiger charge is 2.22. The van der Waals surface area contributed by atoms with E-state index in [2.05, 4.69) is 26.9 Å². The van der Waals surface area contributed by atoms with Crippen LogP contribution in [0, 0.1) is 11.3 Å². The Morgan fingerprint density at radius 3 is 2.66 bits per heavy atom. The molecule has 0 unspecified atom stereocenters. The molecule has 0 atom stereocenters. The topological polar surface area (TPSA) is 122 Å². The molecule has 2 aromatic heterocycles. The van der Waals surface area contributed by atoms with Gasteiger partial charge in [-0.05, 0) is 62.4 Å². The predicted molar refractivity (Wildman–Crippen MR) is 136 cm³/mol. The molecule has 3 aromatic rings. The van der Waals surface area contributed by atoms with Crippen LogP contribution in [-0.4, -0.2) is 39.4 Å². The van der Waals surface area contributed by atoms with Gasteiger partial charge in [0.2, 0.25) is 11.8 Å². The van der Waals surface area contributed by atoms with Crippen molar-refractivity contribution in [1.29, 1.82) is 5.26 Å². The van der Waals surface area contributed by atoms with Crippen LogP contribution in [0.2, 0.25) is 0 Å². The number of hydrogen-bond acceptors (Lipinski definition) is 8. The molecule has 2 amide bonds. The zero-order chi connectivity index (χ0) is 24.8. The quantitative estimate of drug-likeness (QED) is 0.417. The Morgan fingerprint density at radius 2 is 1.94 bits per heavy atom. The van der Waals surface area contributed by atoms with Crippen molar-refractivity contribution in [3.63, 3.8) is 0 Å². The van der Waals surface area contributed by atoms with Crippen molar-refractivity contribution >= 4 is 45.6 Å². The summed E-state index contributed by atoms with van der Waals surface area (Å²) in [7, 11) is 1.59. The second-order valence-electron chi connectivity index (χ2n) is 7.96. The first-order valence-corrected chi connectivity index (χ1v) is 13.2. The van der Waals surface area contributed by atoms with E-state index in [1.807, 2.05) is 11.5 Å². The van der Waals surface area contributed by atoms with Crippen molar-refractivity contribution < 1.29 is 14.3 Å². The van der Waals surface area contributed by atoms with E-state index in [4.69, 9.17) is 4.74 Å². The Hall–Kier alpha value is -3.36. The van der Waals surface area contributed by atoms with E-state index in [9.17, 15) is 14.9 Å². The number of carbonyl (C=O) groups is 2. The van der Waals surface area contributed by atoms with Crippen LogP contribution >= 0.6 is 23.1 Å². The number of aromatic nitrogens is 3. The van der Waals surface area contributed by atoms with Crippen molar-refractivity contribution in [3.05, 3.63) is 46.1 Å². The third kappa shape index (κ3) is 5.83. The largest absolute Gasteiger partial charge is 0.497 e. The highest BCUT2D eigenvalue weighted by atomic mass is 32.2. The maximum absolute atomic E-state index is 12.6. The van der Waals surface area contributed by atoms with E-state index in [-0.39, 0.29) is 24.0 Å². The van der Waals surface area contributed by atoms with Crippen molar-refractivity contribution in [2.75, 3.05) is 23.5 Å². The number of anilines is 2. The molecule has 0 spiro atoms. The molecule has 9 nitrogen and oxygen atoms in total. The van der Waals surface area contributed by atoms with Gasteiger partial charge < -0.3 is 19.9 Å². The van der Waals surface area contributed by atoms with Gasteiger partial charge in [0.05, 0.1) is 24.8 Å². The molecule has 1 aromatic carbocycles. The zero-order valence-electron chi connectivity index (χ0n) is 19.6. The van der Waals surface area contributed by atoms with Gasteiger partial charge in [-0.15, -0.1) is 21.5 Å². The van der Waals surface area contributed by atoms with E-state index in [0.29, 0.717) is 39.5 Å². The molecule has 0 bridgehead atoms. The molecule has 0 saturated heterocycles. The maximum Gasteiger partial charge on any atom is 0.235 e. The van der Waals surface area contributed by atoms with Crippen LogP contribution in [0.5, 0.6) is 5.75 Å². The third-order valence-electron chi connectivity index (χ3n) is 5.67. The van der Waals surface area contributed by atoms with Gasteiger partial charge in [-0.2, -0.15) is 5.26 Å². The number of aryl methyl sites for hydroxylation is 1. The number of ether oxygens (including phenoxy) is 1. The highest BCUT2D eigenvalue weighted by Crippen LogP contribution is 2.37. The van der Waals surface area contributed by atoms with E-state index in [1.165, 1.54) is 28.0 Å². The van der Waals surface area contributed by atoms with E-state index in [1.54, 1.807) is 31.4 Å². The van der Waals surface area contributed by atoms with Gasteiger partial charge in [0.25, 0.3) is 0 Å². The number of rotatable bonds is 9.